The molecule has 0 spiro atoms. The first-order valence-corrected chi connectivity index (χ1v) is 4.65. The Bertz CT molecular complexity index is 358. The second-order valence-electron chi connectivity index (χ2n) is 3.64. The summed E-state index contributed by atoms with van der Waals surface area (Å²) in [6.07, 6.45) is 1.64. The van der Waals surface area contributed by atoms with E-state index in [1.807, 2.05) is 19.1 Å². The zero-order chi connectivity index (χ0) is 10.1. The molecule has 0 radical (unpaired) electrons. The number of hydrogen-bond donors (Lipinski definition) is 1. The van der Waals surface area contributed by atoms with E-state index in [4.69, 9.17) is 5.73 Å². The summed E-state index contributed by atoms with van der Waals surface area (Å²) in [6.45, 7) is 3.18. The van der Waals surface area contributed by atoms with E-state index in [0.717, 1.165) is 5.56 Å². The summed E-state index contributed by atoms with van der Waals surface area (Å²) in [4.78, 5) is 17.6. The number of carbonyl (C=O) groups is 1. The second kappa shape index (κ2) is 3.38. The molecule has 4 nitrogen and oxygen atoms in total. The van der Waals surface area contributed by atoms with Gasteiger partial charge in [0.05, 0.1) is 0 Å². The summed E-state index contributed by atoms with van der Waals surface area (Å²) in [5.74, 6) is -0.00944. The van der Waals surface area contributed by atoms with Gasteiger partial charge in [-0.15, -0.1) is 0 Å². The lowest BCUT2D eigenvalue weighted by Crippen LogP contribution is -2.58. The lowest BCUT2D eigenvalue weighted by atomic mass is 10.1. The first-order valence-electron chi connectivity index (χ1n) is 4.65. The lowest BCUT2D eigenvalue weighted by molar-refractivity contribution is 0.0601. The quantitative estimate of drug-likeness (QED) is 0.688. The van der Waals surface area contributed by atoms with Crippen LogP contribution in [-0.4, -0.2) is 34.9 Å². The van der Waals surface area contributed by atoms with Gasteiger partial charge in [0, 0.05) is 25.3 Å². The fourth-order valence-corrected chi connectivity index (χ4v) is 1.54. The minimum absolute atomic E-state index is 0.00944. The highest BCUT2D eigenvalue weighted by Gasteiger charge is 2.29. The van der Waals surface area contributed by atoms with E-state index in [9.17, 15) is 4.79 Å². The van der Waals surface area contributed by atoms with Crippen molar-refractivity contribution in [2.45, 2.75) is 13.0 Å². The summed E-state index contributed by atoms with van der Waals surface area (Å²) in [5, 5.41) is 0. The molecule has 2 rings (SSSR count). The number of rotatable bonds is 1. The molecular weight excluding hydrogens is 178 g/mol. The lowest BCUT2D eigenvalue weighted by Gasteiger charge is -2.36. The van der Waals surface area contributed by atoms with Gasteiger partial charge in [0.2, 0.25) is 0 Å². The largest absolute Gasteiger partial charge is 0.334 e. The number of pyridine rings is 1. The van der Waals surface area contributed by atoms with Gasteiger partial charge in [0.15, 0.2) is 0 Å². The number of aryl methyl sites for hydroxylation is 1. The zero-order valence-electron chi connectivity index (χ0n) is 8.10. The smallest absolute Gasteiger partial charge is 0.272 e. The van der Waals surface area contributed by atoms with Crippen LogP contribution in [0.4, 0.5) is 0 Å². The first kappa shape index (κ1) is 9.15. The minimum Gasteiger partial charge on any atom is -0.334 e. The highest BCUT2D eigenvalue weighted by Crippen LogP contribution is 2.12. The maximum atomic E-state index is 11.8. The number of likely N-dealkylation sites (tertiary alicyclic amines) is 1. The highest BCUT2D eigenvalue weighted by atomic mass is 16.2. The van der Waals surface area contributed by atoms with Crippen molar-refractivity contribution in [2.24, 2.45) is 5.73 Å². The van der Waals surface area contributed by atoms with Crippen LogP contribution in [0.1, 0.15) is 16.1 Å². The maximum Gasteiger partial charge on any atom is 0.272 e. The molecule has 0 atom stereocenters. The molecule has 1 fully saturated rings. The van der Waals surface area contributed by atoms with Crippen LogP contribution >= 0.6 is 0 Å². The number of aromatic nitrogens is 1. The summed E-state index contributed by atoms with van der Waals surface area (Å²) in [6, 6.07) is 3.86. The molecule has 2 N–H and O–H groups in total. The third kappa shape index (κ3) is 1.48. The molecule has 1 aromatic heterocycles. The van der Waals surface area contributed by atoms with E-state index in [1.54, 1.807) is 11.1 Å². The average Bonchev–Trinajstić information content (AvgIpc) is 2.13. The van der Waals surface area contributed by atoms with Gasteiger partial charge in [-0.05, 0) is 18.6 Å². The predicted molar refractivity (Wildman–Crippen MR) is 52.9 cm³/mol. The fourth-order valence-electron chi connectivity index (χ4n) is 1.54. The van der Waals surface area contributed by atoms with Gasteiger partial charge in [-0.25, -0.2) is 0 Å². The Morgan fingerprint density at radius 1 is 1.64 bits per heavy atom. The summed E-state index contributed by atoms with van der Waals surface area (Å²) < 4.78 is 0. The van der Waals surface area contributed by atoms with E-state index in [2.05, 4.69) is 4.98 Å². The molecule has 1 amide bonds. The van der Waals surface area contributed by atoms with Crippen molar-refractivity contribution in [2.75, 3.05) is 13.1 Å². The molecule has 1 saturated heterocycles. The van der Waals surface area contributed by atoms with E-state index >= 15 is 0 Å². The Hall–Kier alpha value is -1.42. The molecule has 1 aliphatic rings. The molecule has 0 aromatic carbocycles. The van der Waals surface area contributed by atoms with Crippen molar-refractivity contribution in [1.82, 2.24) is 9.88 Å². The van der Waals surface area contributed by atoms with Crippen molar-refractivity contribution in [3.63, 3.8) is 0 Å². The van der Waals surface area contributed by atoms with Crippen molar-refractivity contribution in [1.29, 1.82) is 0 Å². The Balaban J connectivity index is 2.16. The Kier molecular flexibility index (Phi) is 2.21. The highest BCUT2D eigenvalue weighted by molar-refractivity contribution is 5.94. The number of carbonyl (C=O) groups excluding carboxylic acids is 1. The standard InChI is InChI=1S/C10H13N3O/c1-7-3-2-4-12-9(7)10(14)13-5-8(11)6-13/h2-4,8H,5-6,11H2,1H3. The van der Waals surface area contributed by atoms with Crippen LogP contribution in [-0.2, 0) is 0 Å². The summed E-state index contributed by atoms with van der Waals surface area (Å²) in [5.41, 5.74) is 7.06. The molecule has 14 heavy (non-hydrogen) atoms. The molecular formula is C10H13N3O. The van der Waals surface area contributed by atoms with Crippen molar-refractivity contribution >= 4 is 5.91 Å². The second-order valence-corrected chi connectivity index (χ2v) is 3.64. The van der Waals surface area contributed by atoms with Gasteiger partial charge >= 0.3 is 0 Å². The fraction of sp³-hybridized carbons (Fsp3) is 0.400. The van der Waals surface area contributed by atoms with Gasteiger partial charge in [0.25, 0.3) is 5.91 Å². The molecule has 1 aromatic rings. The molecule has 0 aliphatic carbocycles. The van der Waals surface area contributed by atoms with Gasteiger partial charge < -0.3 is 10.6 Å². The number of nitrogens with zero attached hydrogens (tertiary/aromatic N) is 2. The summed E-state index contributed by atoms with van der Waals surface area (Å²) in [7, 11) is 0. The summed E-state index contributed by atoms with van der Waals surface area (Å²) >= 11 is 0. The van der Waals surface area contributed by atoms with E-state index < -0.39 is 0 Å². The van der Waals surface area contributed by atoms with E-state index in [-0.39, 0.29) is 11.9 Å². The van der Waals surface area contributed by atoms with Crippen LogP contribution in [0.2, 0.25) is 0 Å². The van der Waals surface area contributed by atoms with E-state index in [1.165, 1.54) is 0 Å². The molecule has 2 heterocycles. The van der Waals surface area contributed by atoms with Gasteiger partial charge in [0.1, 0.15) is 5.69 Å². The Morgan fingerprint density at radius 2 is 2.36 bits per heavy atom. The molecule has 0 saturated carbocycles. The van der Waals surface area contributed by atoms with Crippen LogP contribution in [0.3, 0.4) is 0 Å². The number of amides is 1. The van der Waals surface area contributed by atoms with Crippen molar-refractivity contribution < 1.29 is 4.79 Å². The Labute approximate surface area is 82.7 Å². The van der Waals surface area contributed by atoms with Gasteiger partial charge in [-0.3, -0.25) is 9.78 Å². The molecule has 0 unspecified atom stereocenters. The number of nitrogens with two attached hydrogens (primary N) is 1. The Morgan fingerprint density at radius 3 is 2.93 bits per heavy atom. The normalized spacial score (nSPS) is 16.6. The van der Waals surface area contributed by atoms with Gasteiger partial charge in [-0.2, -0.15) is 0 Å². The molecule has 1 aliphatic heterocycles. The average molecular weight is 191 g/mol. The maximum absolute atomic E-state index is 11.8. The van der Waals surface area contributed by atoms with Crippen LogP contribution in [0.5, 0.6) is 0 Å². The van der Waals surface area contributed by atoms with Crippen LogP contribution in [0.25, 0.3) is 0 Å². The molecule has 4 heteroatoms. The van der Waals surface area contributed by atoms with Crippen LogP contribution in [0.15, 0.2) is 18.3 Å². The SMILES string of the molecule is Cc1cccnc1C(=O)N1CC(N)C1. The minimum atomic E-state index is -0.00944. The number of hydrogen-bond acceptors (Lipinski definition) is 3. The predicted octanol–water partition coefficient (Wildman–Crippen LogP) is 0.173. The van der Waals surface area contributed by atoms with Crippen LogP contribution in [0, 0.1) is 6.92 Å². The monoisotopic (exact) mass is 191 g/mol. The van der Waals surface area contributed by atoms with Gasteiger partial charge in [-0.1, -0.05) is 6.07 Å². The topological polar surface area (TPSA) is 59.2 Å². The molecule has 0 bridgehead atoms. The van der Waals surface area contributed by atoms with Crippen molar-refractivity contribution in [3.8, 4) is 0 Å². The molecule has 74 valence electrons. The zero-order valence-corrected chi connectivity index (χ0v) is 8.10. The van der Waals surface area contributed by atoms with E-state index in [0.29, 0.717) is 18.8 Å². The third-order valence-electron chi connectivity index (χ3n) is 2.41. The third-order valence-corrected chi connectivity index (χ3v) is 2.41. The van der Waals surface area contributed by atoms with Crippen LogP contribution < -0.4 is 5.73 Å². The van der Waals surface area contributed by atoms with Crippen molar-refractivity contribution in [3.05, 3.63) is 29.6 Å². The first-order chi connectivity index (χ1) is 6.68.